The molecule has 122 valence electrons. The van der Waals surface area contributed by atoms with Crippen molar-refractivity contribution in [2.45, 2.75) is 50.3 Å². The Kier molecular flexibility index (Phi) is 8.51. The van der Waals surface area contributed by atoms with Gasteiger partial charge in [0.2, 0.25) is 0 Å². The zero-order chi connectivity index (χ0) is 16.6. The molecule has 0 aromatic carbocycles. The van der Waals surface area contributed by atoms with Crippen molar-refractivity contribution in [2.75, 3.05) is 0 Å². The molecule has 0 spiro atoms. The standard InChI is InChI=1S/C6H14N2.C6H8O7/c7-5-3-1-2-4-6(5)8;7-3(8)1-2(5(10)11)4(9)6(12)13/h5-6H,1-4,7-8H2;2,4,9H,1H2,(H,7,8)(H,10,11)(H,12,13). The molecular weight excluding hydrogens is 284 g/mol. The third-order valence-electron chi connectivity index (χ3n) is 3.22. The summed E-state index contributed by atoms with van der Waals surface area (Å²) in [7, 11) is 0. The van der Waals surface area contributed by atoms with E-state index < -0.39 is 36.4 Å². The molecule has 1 rings (SSSR count). The topological polar surface area (TPSA) is 184 Å². The van der Waals surface area contributed by atoms with E-state index in [0.29, 0.717) is 0 Å². The molecule has 0 saturated heterocycles. The van der Waals surface area contributed by atoms with Crippen molar-refractivity contribution < 1.29 is 34.8 Å². The molecule has 1 aliphatic rings. The van der Waals surface area contributed by atoms with Gasteiger partial charge < -0.3 is 31.9 Å². The highest BCUT2D eigenvalue weighted by molar-refractivity contribution is 5.85. The first-order valence-electron chi connectivity index (χ1n) is 6.53. The van der Waals surface area contributed by atoms with Gasteiger partial charge in [0, 0.05) is 12.1 Å². The maximum Gasteiger partial charge on any atom is 0.333 e. The largest absolute Gasteiger partial charge is 0.481 e. The van der Waals surface area contributed by atoms with Crippen molar-refractivity contribution in [1.82, 2.24) is 0 Å². The van der Waals surface area contributed by atoms with Crippen molar-refractivity contribution in [3.05, 3.63) is 0 Å². The molecule has 0 amide bonds. The number of rotatable bonds is 5. The first-order valence-corrected chi connectivity index (χ1v) is 6.53. The summed E-state index contributed by atoms with van der Waals surface area (Å²) in [5, 5.41) is 33.5. The van der Waals surface area contributed by atoms with Gasteiger partial charge in [-0.25, -0.2) is 4.79 Å². The van der Waals surface area contributed by atoms with E-state index in [2.05, 4.69) is 0 Å². The van der Waals surface area contributed by atoms with E-state index in [1.54, 1.807) is 0 Å². The van der Waals surface area contributed by atoms with Crippen molar-refractivity contribution in [1.29, 1.82) is 0 Å². The Labute approximate surface area is 121 Å². The predicted octanol–water partition coefficient (Wildman–Crippen LogP) is -1.18. The molecule has 8 N–H and O–H groups in total. The SMILES string of the molecule is NC1CCCCC1N.O=C(O)CC(C(=O)O)C(O)C(=O)O. The van der Waals surface area contributed by atoms with Crippen molar-refractivity contribution in [3.63, 3.8) is 0 Å². The molecule has 0 aliphatic heterocycles. The van der Waals surface area contributed by atoms with Gasteiger partial charge in [-0.1, -0.05) is 12.8 Å². The van der Waals surface area contributed by atoms with Gasteiger partial charge >= 0.3 is 17.9 Å². The van der Waals surface area contributed by atoms with Crippen LogP contribution >= 0.6 is 0 Å². The number of aliphatic hydroxyl groups excluding tert-OH is 1. The molecular formula is C12H22N2O7. The van der Waals surface area contributed by atoms with Crippen LogP contribution in [0.1, 0.15) is 32.1 Å². The first kappa shape index (κ1) is 19.3. The Hall–Kier alpha value is -1.71. The quantitative estimate of drug-likeness (QED) is 0.364. The van der Waals surface area contributed by atoms with Gasteiger partial charge in [0.15, 0.2) is 6.10 Å². The summed E-state index contributed by atoms with van der Waals surface area (Å²) in [5.41, 5.74) is 11.3. The minimum atomic E-state index is -2.20. The fourth-order valence-corrected chi connectivity index (χ4v) is 1.88. The average molecular weight is 306 g/mol. The molecule has 1 saturated carbocycles. The summed E-state index contributed by atoms with van der Waals surface area (Å²) < 4.78 is 0. The summed E-state index contributed by atoms with van der Waals surface area (Å²) >= 11 is 0. The highest BCUT2D eigenvalue weighted by Crippen LogP contribution is 2.14. The number of carboxylic acids is 3. The molecule has 0 aromatic heterocycles. The lowest BCUT2D eigenvalue weighted by Gasteiger charge is -2.24. The highest BCUT2D eigenvalue weighted by Gasteiger charge is 2.33. The lowest BCUT2D eigenvalue weighted by atomic mass is 9.92. The average Bonchev–Trinajstić information content (AvgIpc) is 2.39. The predicted molar refractivity (Wildman–Crippen MR) is 71.4 cm³/mol. The van der Waals surface area contributed by atoms with Gasteiger partial charge in [0.25, 0.3) is 0 Å². The van der Waals surface area contributed by atoms with E-state index >= 15 is 0 Å². The molecule has 4 unspecified atom stereocenters. The number of hydrogen-bond acceptors (Lipinski definition) is 6. The second-order valence-corrected chi connectivity index (χ2v) is 4.94. The van der Waals surface area contributed by atoms with Crippen LogP contribution in [0.3, 0.4) is 0 Å². The van der Waals surface area contributed by atoms with Crippen LogP contribution in [0.15, 0.2) is 0 Å². The number of carbonyl (C=O) groups is 3. The maximum atomic E-state index is 10.3. The van der Waals surface area contributed by atoms with Crippen molar-refractivity contribution in [2.24, 2.45) is 17.4 Å². The van der Waals surface area contributed by atoms with E-state index in [1.165, 1.54) is 12.8 Å². The van der Waals surface area contributed by atoms with Crippen LogP contribution in [0.2, 0.25) is 0 Å². The van der Waals surface area contributed by atoms with Gasteiger partial charge in [-0.3, -0.25) is 9.59 Å². The number of aliphatic hydroxyl groups is 1. The van der Waals surface area contributed by atoms with Crippen LogP contribution in [0.5, 0.6) is 0 Å². The number of aliphatic carboxylic acids is 3. The Morgan fingerprint density at radius 2 is 1.38 bits per heavy atom. The van der Waals surface area contributed by atoms with Crippen LogP contribution in [0, 0.1) is 5.92 Å². The molecule has 4 atom stereocenters. The molecule has 9 nitrogen and oxygen atoms in total. The molecule has 0 radical (unpaired) electrons. The lowest BCUT2D eigenvalue weighted by Crippen LogP contribution is -2.43. The van der Waals surface area contributed by atoms with Gasteiger partial charge in [0.05, 0.1) is 6.42 Å². The number of nitrogens with two attached hydrogens (primary N) is 2. The van der Waals surface area contributed by atoms with Crippen LogP contribution < -0.4 is 11.5 Å². The molecule has 0 aromatic rings. The second-order valence-electron chi connectivity index (χ2n) is 4.94. The van der Waals surface area contributed by atoms with E-state index in [-0.39, 0.29) is 12.1 Å². The molecule has 9 heteroatoms. The molecule has 1 fully saturated rings. The normalized spacial score (nSPS) is 24.1. The third kappa shape index (κ3) is 7.59. The zero-order valence-electron chi connectivity index (χ0n) is 11.5. The minimum Gasteiger partial charge on any atom is -0.481 e. The van der Waals surface area contributed by atoms with E-state index in [1.807, 2.05) is 0 Å². The van der Waals surface area contributed by atoms with E-state index in [9.17, 15) is 14.4 Å². The number of hydrogen-bond donors (Lipinski definition) is 6. The molecule has 0 heterocycles. The summed E-state index contributed by atoms with van der Waals surface area (Å²) in [4.78, 5) is 30.5. The first-order chi connectivity index (χ1) is 9.66. The third-order valence-corrected chi connectivity index (χ3v) is 3.22. The minimum absolute atomic E-state index is 0.281. The lowest BCUT2D eigenvalue weighted by molar-refractivity contribution is -0.162. The van der Waals surface area contributed by atoms with Crippen LogP contribution in [0.4, 0.5) is 0 Å². The van der Waals surface area contributed by atoms with Gasteiger partial charge in [0.1, 0.15) is 5.92 Å². The fourth-order valence-electron chi connectivity index (χ4n) is 1.88. The Bertz CT molecular complexity index is 365. The Morgan fingerprint density at radius 1 is 0.952 bits per heavy atom. The van der Waals surface area contributed by atoms with Gasteiger partial charge in [-0.05, 0) is 12.8 Å². The summed E-state index contributed by atoms with van der Waals surface area (Å²) in [5.74, 6) is -6.71. The van der Waals surface area contributed by atoms with E-state index in [4.69, 9.17) is 31.9 Å². The molecule has 1 aliphatic carbocycles. The number of carboxylic acid groups (broad SMARTS) is 3. The summed E-state index contributed by atoms with van der Waals surface area (Å²) in [6.07, 6.45) is 1.67. The van der Waals surface area contributed by atoms with Crippen LogP contribution in [0.25, 0.3) is 0 Å². The van der Waals surface area contributed by atoms with Crippen molar-refractivity contribution in [3.8, 4) is 0 Å². The summed E-state index contributed by atoms with van der Waals surface area (Å²) in [6.45, 7) is 0. The van der Waals surface area contributed by atoms with Gasteiger partial charge in [-0.15, -0.1) is 0 Å². The Morgan fingerprint density at radius 3 is 1.62 bits per heavy atom. The zero-order valence-corrected chi connectivity index (χ0v) is 11.5. The van der Waals surface area contributed by atoms with Gasteiger partial charge in [-0.2, -0.15) is 0 Å². The highest BCUT2D eigenvalue weighted by atomic mass is 16.4. The molecule has 21 heavy (non-hydrogen) atoms. The summed E-state index contributed by atoms with van der Waals surface area (Å²) in [6, 6.07) is 0.562. The van der Waals surface area contributed by atoms with E-state index in [0.717, 1.165) is 12.8 Å². The maximum absolute atomic E-state index is 10.3. The van der Waals surface area contributed by atoms with Crippen LogP contribution in [-0.4, -0.2) is 56.5 Å². The fraction of sp³-hybridized carbons (Fsp3) is 0.750. The Balaban J connectivity index is 0.000000423. The monoisotopic (exact) mass is 306 g/mol. The second kappa shape index (κ2) is 9.27. The van der Waals surface area contributed by atoms with Crippen molar-refractivity contribution >= 4 is 17.9 Å². The smallest absolute Gasteiger partial charge is 0.333 e. The molecule has 0 bridgehead atoms. The van der Waals surface area contributed by atoms with Crippen LogP contribution in [-0.2, 0) is 14.4 Å².